The SMILES string of the molecule is CNCc1nc(-c2cccc(OC)c2)n[nH]1. The number of hydrogen-bond acceptors (Lipinski definition) is 4. The number of hydrogen-bond donors (Lipinski definition) is 2. The lowest BCUT2D eigenvalue weighted by Gasteiger charge is -2.00. The fraction of sp³-hybridized carbons (Fsp3) is 0.273. The van der Waals surface area contributed by atoms with Crippen LogP contribution >= 0.6 is 0 Å². The van der Waals surface area contributed by atoms with Gasteiger partial charge in [-0.1, -0.05) is 12.1 Å². The van der Waals surface area contributed by atoms with E-state index in [1.165, 1.54) is 0 Å². The Balaban J connectivity index is 2.27. The van der Waals surface area contributed by atoms with E-state index in [1.807, 2.05) is 31.3 Å². The van der Waals surface area contributed by atoms with Crippen LogP contribution in [0.2, 0.25) is 0 Å². The fourth-order valence-corrected chi connectivity index (χ4v) is 1.43. The monoisotopic (exact) mass is 218 g/mol. The van der Waals surface area contributed by atoms with Crippen LogP contribution in [0.25, 0.3) is 11.4 Å². The Morgan fingerprint density at radius 1 is 1.44 bits per heavy atom. The Hall–Kier alpha value is -1.88. The Kier molecular flexibility index (Phi) is 3.16. The van der Waals surface area contributed by atoms with E-state index in [-0.39, 0.29) is 0 Å². The van der Waals surface area contributed by atoms with Gasteiger partial charge >= 0.3 is 0 Å². The van der Waals surface area contributed by atoms with Crippen molar-refractivity contribution in [3.8, 4) is 17.1 Å². The predicted octanol–water partition coefficient (Wildman–Crippen LogP) is 1.20. The molecule has 0 bridgehead atoms. The minimum atomic E-state index is 0.678. The normalized spacial score (nSPS) is 10.4. The summed E-state index contributed by atoms with van der Waals surface area (Å²) in [5, 5.41) is 10.0. The molecule has 0 aliphatic carbocycles. The number of H-pyrrole nitrogens is 1. The average molecular weight is 218 g/mol. The quantitative estimate of drug-likeness (QED) is 0.809. The molecule has 1 aromatic heterocycles. The summed E-state index contributed by atoms with van der Waals surface area (Å²) in [5.41, 5.74) is 0.943. The van der Waals surface area contributed by atoms with Crippen molar-refractivity contribution in [2.75, 3.05) is 14.2 Å². The number of aromatic nitrogens is 3. The second kappa shape index (κ2) is 4.76. The number of nitrogens with zero attached hydrogens (tertiary/aromatic N) is 2. The molecule has 0 saturated heterocycles. The van der Waals surface area contributed by atoms with Crippen LogP contribution in [0, 0.1) is 0 Å². The van der Waals surface area contributed by atoms with E-state index in [9.17, 15) is 0 Å². The smallest absolute Gasteiger partial charge is 0.181 e. The zero-order chi connectivity index (χ0) is 11.4. The molecule has 0 amide bonds. The third kappa shape index (κ3) is 2.20. The summed E-state index contributed by atoms with van der Waals surface area (Å²) in [6.45, 7) is 0.678. The topological polar surface area (TPSA) is 62.8 Å². The summed E-state index contributed by atoms with van der Waals surface area (Å²) >= 11 is 0. The van der Waals surface area contributed by atoms with Gasteiger partial charge in [-0.05, 0) is 19.2 Å². The van der Waals surface area contributed by atoms with Gasteiger partial charge in [-0.15, -0.1) is 0 Å². The summed E-state index contributed by atoms with van der Waals surface area (Å²) in [4.78, 5) is 4.36. The zero-order valence-corrected chi connectivity index (χ0v) is 9.32. The highest BCUT2D eigenvalue weighted by molar-refractivity contribution is 5.57. The number of nitrogens with one attached hydrogen (secondary N) is 2. The van der Waals surface area contributed by atoms with Gasteiger partial charge in [0.25, 0.3) is 0 Å². The highest BCUT2D eigenvalue weighted by Gasteiger charge is 2.05. The van der Waals surface area contributed by atoms with Crippen molar-refractivity contribution in [1.82, 2.24) is 20.5 Å². The van der Waals surface area contributed by atoms with E-state index in [1.54, 1.807) is 7.11 Å². The molecule has 0 aliphatic heterocycles. The second-order valence-corrected chi connectivity index (χ2v) is 3.37. The Labute approximate surface area is 93.9 Å². The van der Waals surface area contributed by atoms with Gasteiger partial charge in [0.15, 0.2) is 5.82 Å². The van der Waals surface area contributed by atoms with Gasteiger partial charge in [-0.25, -0.2) is 4.98 Å². The maximum absolute atomic E-state index is 5.15. The fourth-order valence-electron chi connectivity index (χ4n) is 1.43. The minimum Gasteiger partial charge on any atom is -0.497 e. The first-order valence-corrected chi connectivity index (χ1v) is 5.04. The van der Waals surface area contributed by atoms with Crippen LogP contribution in [-0.2, 0) is 6.54 Å². The van der Waals surface area contributed by atoms with Crippen molar-refractivity contribution in [2.24, 2.45) is 0 Å². The molecule has 2 N–H and O–H groups in total. The number of methoxy groups -OCH3 is 1. The molecule has 1 heterocycles. The molecule has 84 valence electrons. The van der Waals surface area contributed by atoms with Crippen LogP contribution in [0.1, 0.15) is 5.82 Å². The lowest BCUT2D eigenvalue weighted by atomic mass is 10.2. The molecular weight excluding hydrogens is 204 g/mol. The average Bonchev–Trinajstić information content (AvgIpc) is 2.78. The summed E-state index contributed by atoms with van der Waals surface area (Å²) < 4.78 is 5.15. The van der Waals surface area contributed by atoms with Crippen molar-refractivity contribution < 1.29 is 4.74 Å². The standard InChI is InChI=1S/C11H14N4O/c1-12-7-10-13-11(15-14-10)8-4-3-5-9(6-8)16-2/h3-6,12H,7H2,1-2H3,(H,13,14,15). The summed E-state index contributed by atoms with van der Waals surface area (Å²) in [7, 11) is 3.51. The molecule has 1 aromatic carbocycles. The van der Waals surface area contributed by atoms with Crippen molar-refractivity contribution in [3.63, 3.8) is 0 Å². The molecule has 2 rings (SSSR count). The first-order valence-electron chi connectivity index (χ1n) is 5.04. The minimum absolute atomic E-state index is 0.678. The van der Waals surface area contributed by atoms with Gasteiger partial charge < -0.3 is 10.1 Å². The molecule has 0 fully saturated rings. The lowest BCUT2D eigenvalue weighted by molar-refractivity contribution is 0.415. The van der Waals surface area contributed by atoms with Crippen molar-refractivity contribution in [3.05, 3.63) is 30.1 Å². The largest absolute Gasteiger partial charge is 0.497 e. The molecule has 0 radical (unpaired) electrons. The van der Waals surface area contributed by atoms with Crippen molar-refractivity contribution in [2.45, 2.75) is 6.54 Å². The van der Waals surface area contributed by atoms with Crippen LogP contribution in [0.4, 0.5) is 0 Å². The third-order valence-electron chi connectivity index (χ3n) is 2.20. The van der Waals surface area contributed by atoms with E-state index in [2.05, 4.69) is 20.5 Å². The van der Waals surface area contributed by atoms with E-state index in [4.69, 9.17) is 4.74 Å². The molecule has 0 unspecified atom stereocenters. The lowest BCUT2D eigenvalue weighted by Crippen LogP contribution is -2.06. The van der Waals surface area contributed by atoms with Gasteiger partial charge in [0.1, 0.15) is 11.6 Å². The Morgan fingerprint density at radius 2 is 2.31 bits per heavy atom. The number of benzene rings is 1. The number of rotatable bonds is 4. The van der Waals surface area contributed by atoms with Crippen LogP contribution < -0.4 is 10.1 Å². The molecule has 0 atom stereocenters. The summed E-state index contributed by atoms with van der Waals surface area (Å²) in [6.07, 6.45) is 0. The molecule has 5 nitrogen and oxygen atoms in total. The molecule has 0 aliphatic rings. The summed E-state index contributed by atoms with van der Waals surface area (Å²) in [5.74, 6) is 2.31. The maximum Gasteiger partial charge on any atom is 0.181 e. The van der Waals surface area contributed by atoms with Crippen molar-refractivity contribution >= 4 is 0 Å². The maximum atomic E-state index is 5.15. The Bertz CT molecular complexity index is 467. The van der Waals surface area contributed by atoms with Gasteiger partial charge in [0, 0.05) is 5.56 Å². The molecular formula is C11H14N4O. The molecule has 16 heavy (non-hydrogen) atoms. The van der Waals surface area contributed by atoms with Crippen LogP contribution in [0.5, 0.6) is 5.75 Å². The van der Waals surface area contributed by atoms with Gasteiger partial charge in [-0.2, -0.15) is 5.10 Å². The van der Waals surface area contributed by atoms with Gasteiger partial charge in [0.2, 0.25) is 0 Å². The molecule has 5 heteroatoms. The van der Waals surface area contributed by atoms with Crippen molar-refractivity contribution in [1.29, 1.82) is 0 Å². The van der Waals surface area contributed by atoms with Crippen LogP contribution in [0.3, 0.4) is 0 Å². The zero-order valence-electron chi connectivity index (χ0n) is 9.32. The van der Waals surface area contributed by atoms with E-state index >= 15 is 0 Å². The highest BCUT2D eigenvalue weighted by Crippen LogP contribution is 2.20. The Morgan fingerprint density at radius 3 is 3.06 bits per heavy atom. The van der Waals surface area contributed by atoms with Gasteiger partial charge in [-0.3, -0.25) is 5.10 Å². The number of aromatic amines is 1. The van der Waals surface area contributed by atoms with Crippen LogP contribution in [-0.4, -0.2) is 29.3 Å². The first kappa shape index (κ1) is 10.6. The molecule has 0 saturated carbocycles. The van der Waals surface area contributed by atoms with Crippen LogP contribution in [0.15, 0.2) is 24.3 Å². The summed E-state index contributed by atoms with van der Waals surface area (Å²) in [6, 6.07) is 7.67. The number of ether oxygens (including phenoxy) is 1. The van der Waals surface area contributed by atoms with E-state index < -0.39 is 0 Å². The first-order chi connectivity index (χ1) is 7.83. The molecule has 2 aromatic rings. The predicted molar refractivity (Wildman–Crippen MR) is 61.1 cm³/mol. The molecule has 0 spiro atoms. The van der Waals surface area contributed by atoms with E-state index in [0.29, 0.717) is 12.4 Å². The second-order valence-electron chi connectivity index (χ2n) is 3.37. The third-order valence-corrected chi connectivity index (χ3v) is 2.20. The highest BCUT2D eigenvalue weighted by atomic mass is 16.5. The van der Waals surface area contributed by atoms with Gasteiger partial charge in [0.05, 0.1) is 13.7 Å². The van der Waals surface area contributed by atoms with E-state index in [0.717, 1.165) is 17.1 Å².